The van der Waals surface area contributed by atoms with Gasteiger partial charge in [0, 0.05) is 32.6 Å². The van der Waals surface area contributed by atoms with Gasteiger partial charge in [0.15, 0.2) is 0 Å². The number of amides is 2. The summed E-state index contributed by atoms with van der Waals surface area (Å²) in [7, 11) is 1.84. The van der Waals surface area contributed by atoms with Gasteiger partial charge in [-0.25, -0.2) is 4.79 Å². The molecule has 5 nitrogen and oxygen atoms in total. The molecule has 0 spiro atoms. The molecule has 2 atom stereocenters. The van der Waals surface area contributed by atoms with E-state index >= 15 is 0 Å². The second-order valence-electron chi connectivity index (χ2n) is 5.91. The number of carboxylic acids is 1. The second kappa shape index (κ2) is 6.78. The fourth-order valence-corrected chi connectivity index (χ4v) is 2.41. The van der Waals surface area contributed by atoms with Crippen molar-refractivity contribution in [1.82, 2.24) is 9.80 Å². The number of hydrogen-bond donors (Lipinski definition) is 1. The van der Waals surface area contributed by atoms with Crippen molar-refractivity contribution in [2.75, 3.05) is 20.1 Å². The Labute approximate surface area is 115 Å². The number of rotatable bonds is 5. The van der Waals surface area contributed by atoms with Gasteiger partial charge in [-0.3, -0.25) is 4.79 Å². The molecule has 1 fully saturated rings. The third-order valence-electron chi connectivity index (χ3n) is 4.20. The zero-order valence-electron chi connectivity index (χ0n) is 12.4. The van der Waals surface area contributed by atoms with Crippen LogP contribution in [0.3, 0.4) is 0 Å². The van der Waals surface area contributed by atoms with Crippen LogP contribution in [0.4, 0.5) is 4.79 Å². The lowest BCUT2D eigenvalue weighted by atomic mass is 10.0. The monoisotopic (exact) mass is 270 g/mol. The molecular weight excluding hydrogens is 244 g/mol. The van der Waals surface area contributed by atoms with Gasteiger partial charge >= 0.3 is 12.0 Å². The predicted octanol–water partition coefficient (Wildman–Crippen LogP) is 2.27. The Bertz CT molecular complexity index is 331. The molecule has 0 saturated carbocycles. The van der Waals surface area contributed by atoms with Crippen molar-refractivity contribution in [3.8, 4) is 0 Å². The normalized spacial score (nSPS) is 20.7. The third-order valence-corrected chi connectivity index (χ3v) is 4.20. The lowest BCUT2D eigenvalue weighted by Crippen LogP contribution is -2.45. The highest BCUT2D eigenvalue weighted by atomic mass is 16.4. The zero-order chi connectivity index (χ0) is 14.6. The molecule has 2 unspecified atom stereocenters. The Morgan fingerprint density at radius 3 is 2.53 bits per heavy atom. The lowest BCUT2D eigenvalue weighted by Gasteiger charge is -2.31. The van der Waals surface area contributed by atoms with E-state index in [0.717, 1.165) is 13.0 Å². The van der Waals surface area contributed by atoms with E-state index in [1.807, 2.05) is 11.9 Å². The van der Waals surface area contributed by atoms with Crippen LogP contribution in [0.25, 0.3) is 0 Å². The van der Waals surface area contributed by atoms with E-state index in [1.54, 1.807) is 4.90 Å². The highest BCUT2D eigenvalue weighted by Gasteiger charge is 2.30. The Kier molecular flexibility index (Phi) is 5.63. The van der Waals surface area contributed by atoms with E-state index in [-0.39, 0.29) is 18.5 Å². The minimum atomic E-state index is -0.754. The standard InChI is InChI=1S/C14H26N2O3/c1-10(2)11(3)15(4)14(19)16-8-7-12(9-16)5-6-13(17)18/h10-12H,5-9H2,1-4H3,(H,17,18). The van der Waals surface area contributed by atoms with Gasteiger partial charge in [0.2, 0.25) is 0 Å². The van der Waals surface area contributed by atoms with Gasteiger partial charge in [-0.2, -0.15) is 0 Å². The van der Waals surface area contributed by atoms with E-state index in [2.05, 4.69) is 20.8 Å². The summed E-state index contributed by atoms with van der Waals surface area (Å²) in [5.74, 6) is 0.0116. The van der Waals surface area contributed by atoms with Crippen LogP contribution in [0.1, 0.15) is 40.0 Å². The van der Waals surface area contributed by atoms with Gasteiger partial charge in [-0.1, -0.05) is 13.8 Å². The van der Waals surface area contributed by atoms with Crippen LogP contribution in [0.15, 0.2) is 0 Å². The Morgan fingerprint density at radius 1 is 1.37 bits per heavy atom. The molecule has 5 heteroatoms. The number of urea groups is 1. The average Bonchev–Trinajstić information content (AvgIpc) is 2.82. The molecule has 1 heterocycles. The number of aliphatic carboxylic acids is 1. The summed E-state index contributed by atoms with van der Waals surface area (Å²) < 4.78 is 0. The van der Waals surface area contributed by atoms with Crippen molar-refractivity contribution in [1.29, 1.82) is 0 Å². The maximum Gasteiger partial charge on any atom is 0.319 e. The van der Waals surface area contributed by atoms with Crippen LogP contribution in [0, 0.1) is 11.8 Å². The molecule has 1 N–H and O–H groups in total. The fraction of sp³-hybridized carbons (Fsp3) is 0.857. The number of hydrogen-bond acceptors (Lipinski definition) is 2. The van der Waals surface area contributed by atoms with E-state index in [4.69, 9.17) is 5.11 Å². The van der Waals surface area contributed by atoms with Gasteiger partial charge in [0.05, 0.1) is 0 Å². The first-order chi connectivity index (χ1) is 8.82. The fourth-order valence-electron chi connectivity index (χ4n) is 2.41. The summed E-state index contributed by atoms with van der Waals surface area (Å²) in [5.41, 5.74) is 0. The predicted molar refractivity (Wildman–Crippen MR) is 74.0 cm³/mol. The number of carboxylic acid groups (broad SMARTS) is 1. The molecule has 1 aliphatic heterocycles. The van der Waals surface area contributed by atoms with E-state index in [0.29, 0.717) is 24.8 Å². The molecule has 0 aromatic rings. The highest BCUT2D eigenvalue weighted by Crippen LogP contribution is 2.23. The summed E-state index contributed by atoms with van der Waals surface area (Å²) in [6, 6.07) is 0.282. The first kappa shape index (κ1) is 15.8. The summed E-state index contributed by atoms with van der Waals surface area (Å²) in [5, 5.41) is 8.68. The van der Waals surface area contributed by atoms with Crippen molar-refractivity contribution in [2.24, 2.45) is 11.8 Å². The van der Waals surface area contributed by atoms with E-state index in [9.17, 15) is 9.59 Å². The highest BCUT2D eigenvalue weighted by molar-refractivity contribution is 5.74. The number of carbonyl (C=O) groups excluding carboxylic acids is 1. The van der Waals surface area contributed by atoms with Crippen molar-refractivity contribution in [3.05, 3.63) is 0 Å². The molecule has 110 valence electrons. The Balaban J connectivity index is 2.45. The summed E-state index contributed by atoms with van der Waals surface area (Å²) in [6.45, 7) is 7.71. The summed E-state index contributed by atoms with van der Waals surface area (Å²) >= 11 is 0. The molecule has 0 aromatic carbocycles. The van der Waals surface area contributed by atoms with E-state index < -0.39 is 5.97 Å². The van der Waals surface area contributed by atoms with Crippen molar-refractivity contribution in [2.45, 2.75) is 46.1 Å². The molecule has 2 amide bonds. The van der Waals surface area contributed by atoms with Crippen LogP contribution < -0.4 is 0 Å². The van der Waals surface area contributed by atoms with Crippen LogP contribution >= 0.6 is 0 Å². The van der Waals surface area contributed by atoms with Crippen LogP contribution in [-0.4, -0.2) is 53.1 Å². The number of likely N-dealkylation sites (tertiary alicyclic amines) is 1. The van der Waals surface area contributed by atoms with Gasteiger partial charge in [-0.05, 0) is 31.6 Å². The topological polar surface area (TPSA) is 60.9 Å². The van der Waals surface area contributed by atoms with Gasteiger partial charge in [0.25, 0.3) is 0 Å². The van der Waals surface area contributed by atoms with Gasteiger partial charge in [0.1, 0.15) is 0 Å². The largest absolute Gasteiger partial charge is 0.481 e. The quantitative estimate of drug-likeness (QED) is 0.833. The SMILES string of the molecule is CC(C)C(C)N(C)C(=O)N1CCC(CCC(=O)O)C1. The number of nitrogens with zero attached hydrogens (tertiary/aromatic N) is 2. The molecule has 1 rings (SSSR count). The lowest BCUT2D eigenvalue weighted by molar-refractivity contribution is -0.137. The molecule has 0 aromatic heterocycles. The minimum Gasteiger partial charge on any atom is -0.481 e. The maximum absolute atomic E-state index is 12.3. The first-order valence-corrected chi connectivity index (χ1v) is 7.06. The molecule has 0 radical (unpaired) electrons. The minimum absolute atomic E-state index is 0.0685. The van der Waals surface area contributed by atoms with Gasteiger partial charge < -0.3 is 14.9 Å². The second-order valence-corrected chi connectivity index (χ2v) is 5.91. The maximum atomic E-state index is 12.3. The molecule has 19 heavy (non-hydrogen) atoms. The van der Waals surface area contributed by atoms with Crippen molar-refractivity contribution >= 4 is 12.0 Å². The number of carbonyl (C=O) groups is 2. The summed E-state index contributed by atoms with van der Waals surface area (Å²) in [4.78, 5) is 26.5. The molecule has 1 aliphatic rings. The Hall–Kier alpha value is -1.26. The first-order valence-electron chi connectivity index (χ1n) is 7.06. The molecule has 0 aliphatic carbocycles. The molecule has 1 saturated heterocycles. The van der Waals surface area contributed by atoms with Gasteiger partial charge in [-0.15, -0.1) is 0 Å². The zero-order valence-corrected chi connectivity index (χ0v) is 12.4. The van der Waals surface area contributed by atoms with Crippen molar-refractivity contribution in [3.63, 3.8) is 0 Å². The summed E-state index contributed by atoms with van der Waals surface area (Å²) in [6.07, 6.45) is 1.79. The van der Waals surface area contributed by atoms with E-state index in [1.165, 1.54) is 0 Å². The molecular formula is C14H26N2O3. The average molecular weight is 270 g/mol. The van der Waals surface area contributed by atoms with Crippen LogP contribution in [-0.2, 0) is 4.79 Å². The Morgan fingerprint density at radius 2 is 2.00 bits per heavy atom. The van der Waals surface area contributed by atoms with Crippen molar-refractivity contribution < 1.29 is 14.7 Å². The molecule has 0 bridgehead atoms. The van der Waals surface area contributed by atoms with Crippen LogP contribution in [0.5, 0.6) is 0 Å². The van der Waals surface area contributed by atoms with Crippen LogP contribution in [0.2, 0.25) is 0 Å². The third kappa shape index (κ3) is 4.40. The smallest absolute Gasteiger partial charge is 0.319 e.